The van der Waals surface area contributed by atoms with Crippen LogP contribution in [0.2, 0.25) is 0 Å². The third kappa shape index (κ3) is 3.62. The average Bonchev–Trinajstić information content (AvgIpc) is 2.16. The third-order valence-corrected chi connectivity index (χ3v) is 2.95. The van der Waals surface area contributed by atoms with E-state index < -0.39 is 24.0 Å². The van der Waals surface area contributed by atoms with Gasteiger partial charge in [0.15, 0.2) is 0 Å². The molecule has 1 amide bonds. The summed E-state index contributed by atoms with van der Waals surface area (Å²) in [5.41, 5.74) is 4.24. The van der Waals surface area contributed by atoms with Crippen LogP contribution in [-0.4, -0.2) is 23.6 Å². The normalized spacial score (nSPS) is 12.3. The van der Waals surface area contributed by atoms with Gasteiger partial charge in [0.1, 0.15) is 6.54 Å². The highest BCUT2D eigenvalue weighted by atomic mass is 32.1. The van der Waals surface area contributed by atoms with Crippen molar-refractivity contribution in [3.8, 4) is 0 Å². The van der Waals surface area contributed by atoms with E-state index in [4.69, 9.17) is 18.0 Å². The Morgan fingerprint density at radius 2 is 1.75 bits per heavy atom. The van der Waals surface area contributed by atoms with Crippen molar-refractivity contribution >= 4 is 23.1 Å². The molecular formula is C9H15F3N2OS. The van der Waals surface area contributed by atoms with Gasteiger partial charge in [-0.25, -0.2) is 0 Å². The number of thiocarbonyl (C=S) groups is 1. The molecule has 0 fully saturated rings. The second kappa shape index (κ2) is 5.47. The van der Waals surface area contributed by atoms with Crippen LogP contribution in [0.25, 0.3) is 0 Å². The maximum atomic E-state index is 11.9. The summed E-state index contributed by atoms with van der Waals surface area (Å²) in [5, 5.41) is 1.82. The van der Waals surface area contributed by atoms with Gasteiger partial charge in [-0.1, -0.05) is 26.1 Å². The van der Waals surface area contributed by atoms with E-state index in [-0.39, 0.29) is 17.8 Å². The van der Waals surface area contributed by atoms with Crippen LogP contribution in [0.3, 0.4) is 0 Å². The SMILES string of the molecule is CCC(CC)(C(=O)NCC(F)(F)F)C(N)=S. The third-order valence-electron chi connectivity index (χ3n) is 2.56. The van der Waals surface area contributed by atoms with Gasteiger partial charge >= 0.3 is 6.18 Å². The lowest BCUT2D eigenvalue weighted by molar-refractivity contribution is -0.142. The number of alkyl halides is 3. The molecule has 0 atom stereocenters. The number of carbonyl (C=O) groups excluding carboxylic acids is 1. The lowest BCUT2D eigenvalue weighted by Crippen LogP contribution is -2.50. The Labute approximate surface area is 97.6 Å². The molecule has 0 aromatic heterocycles. The summed E-state index contributed by atoms with van der Waals surface area (Å²) < 4.78 is 35.8. The van der Waals surface area contributed by atoms with Crippen LogP contribution in [0.15, 0.2) is 0 Å². The van der Waals surface area contributed by atoms with Gasteiger partial charge < -0.3 is 11.1 Å². The Balaban J connectivity index is 4.71. The molecule has 0 saturated heterocycles. The summed E-state index contributed by atoms with van der Waals surface area (Å²) in [6.45, 7) is 1.96. The van der Waals surface area contributed by atoms with Crippen molar-refractivity contribution < 1.29 is 18.0 Å². The molecule has 0 saturated carbocycles. The molecule has 0 aromatic carbocycles. The number of nitrogens with two attached hydrogens (primary N) is 1. The van der Waals surface area contributed by atoms with E-state index in [2.05, 4.69) is 0 Å². The molecule has 0 spiro atoms. The highest BCUT2D eigenvalue weighted by Gasteiger charge is 2.39. The zero-order valence-electron chi connectivity index (χ0n) is 9.15. The first-order valence-electron chi connectivity index (χ1n) is 4.84. The standard InChI is InChI=1S/C9H15F3N2OS/c1-3-8(4-2,6(13)16)7(15)14-5-9(10,11)12/h3-5H2,1-2H3,(H2,13,16)(H,14,15). The molecule has 16 heavy (non-hydrogen) atoms. The van der Waals surface area contributed by atoms with Gasteiger partial charge in [-0.15, -0.1) is 0 Å². The topological polar surface area (TPSA) is 55.1 Å². The molecule has 0 aliphatic heterocycles. The molecule has 7 heteroatoms. The molecule has 0 bridgehead atoms. The van der Waals surface area contributed by atoms with Crippen molar-refractivity contribution in [2.75, 3.05) is 6.54 Å². The van der Waals surface area contributed by atoms with Crippen molar-refractivity contribution in [3.63, 3.8) is 0 Å². The second-order valence-electron chi connectivity index (χ2n) is 3.45. The Bertz CT molecular complexity index is 274. The van der Waals surface area contributed by atoms with Crippen LogP contribution >= 0.6 is 12.2 Å². The minimum absolute atomic E-state index is 0.0721. The lowest BCUT2D eigenvalue weighted by atomic mass is 9.81. The highest BCUT2D eigenvalue weighted by molar-refractivity contribution is 7.80. The maximum Gasteiger partial charge on any atom is 0.405 e. The first kappa shape index (κ1) is 15.2. The van der Waals surface area contributed by atoms with Crippen molar-refractivity contribution in [2.45, 2.75) is 32.9 Å². The fourth-order valence-corrected chi connectivity index (χ4v) is 1.76. The molecule has 3 N–H and O–H groups in total. The zero-order chi connectivity index (χ0) is 13.0. The fourth-order valence-electron chi connectivity index (χ4n) is 1.38. The Hall–Kier alpha value is -0.850. The van der Waals surface area contributed by atoms with Gasteiger partial charge in [0, 0.05) is 0 Å². The van der Waals surface area contributed by atoms with Crippen LogP contribution in [0.4, 0.5) is 13.2 Å². The second-order valence-corrected chi connectivity index (χ2v) is 3.89. The molecule has 0 rings (SSSR count). The van der Waals surface area contributed by atoms with Gasteiger partial charge in [0.2, 0.25) is 5.91 Å². The van der Waals surface area contributed by atoms with Crippen LogP contribution in [0.5, 0.6) is 0 Å². The molecule has 0 aromatic rings. The summed E-state index contributed by atoms with van der Waals surface area (Å²) in [7, 11) is 0. The van der Waals surface area contributed by atoms with Gasteiger partial charge in [0.05, 0.1) is 10.4 Å². The molecule has 0 heterocycles. The molecule has 0 aliphatic carbocycles. The Morgan fingerprint density at radius 1 is 1.31 bits per heavy atom. The number of nitrogens with one attached hydrogen (secondary N) is 1. The van der Waals surface area contributed by atoms with E-state index in [0.717, 1.165) is 0 Å². The van der Waals surface area contributed by atoms with Crippen molar-refractivity contribution in [1.29, 1.82) is 0 Å². The predicted octanol–water partition coefficient (Wildman–Crippen LogP) is 1.76. The summed E-state index contributed by atoms with van der Waals surface area (Å²) in [4.78, 5) is 11.6. The van der Waals surface area contributed by atoms with Crippen LogP contribution in [0, 0.1) is 5.41 Å². The predicted molar refractivity (Wildman–Crippen MR) is 58.9 cm³/mol. The van der Waals surface area contributed by atoms with Crippen molar-refractivity contribution in [2.24, 2.45) is 11.1 Å². The number of amides is 1. The van der Waals surface area contributed by atoms with E-state index >= 15 is 0 Å². The fraction of sp³-hybridized carbons (Fsp3) is 0.778. The number of hydrogen-bond donors (Lipinski definition) is 2. The van der Waals surface area contributed by atoms with Gasteiger partial charge in [0.25, 0.3) is 0 Å². The van der Waals surface area contributed by atoms with E-state index in [9.17, 15) is 18.0 Å². The molecule has 0 unspecified atom stereocenters. The summed E-state index contributed by atoms with van der Waals surface area (Å²) in [6, 6.07) is 0. The Morgan fingerprint density at radius 3 is 2.00 bits per heavy atom. The molecule has 0 radical (unpaired) electrons. The summed E-state index contributed by atoms with van der Waals surface area (Å²) >= 11 is 4.75. The number of hydrogen-bond acceptors (Lipinski definition) is 2. The van der Waals surface area contributed by atoms with Crippen LogP contribution in [0.1, 0.15) is 26.7 Å². The van der Waals surface area contributed by atoms with Gasteiger partial charge in [-0.05, 0) is 12.8 Å². The monoisotopic (exact) mass is 256 g/mol. The quantitative estimate of drug-likeness (QED) is 0.737. The summed E-state index contributed by atoms with van der Waals surface area (Å²) in [5.74, 6) is -0.762. The van der Waals surface area contributed by atoms with Crippen molar-refractivity contribution in [3.05, 3.63) is 0 Å². The smallest absolute Gasteiger partial charge is 0.392 e. The molecular weight excluding hydrogens is 241 g/mol. The first-order valence-corrected chi connectivity index (χ1v) is 5.25. The number of rotatable bonds is 5. The Kier molecular flexibility index (Phi) is 5.18. The zero-order valence-corrected chi connectivity index (χ0v) is 9.97. The van der Waals surface area contributed by atoms with E-state index in [1.54, 1.807) is 13.8 Å². The van der Waals surface area contributed by atoms with Gasteiger partial charge in [-0.2, -0.15) is 13.2 Å². The molecule has 0 aliphatic rings. The largest absolute Gasteiger partial charge is 0.405 e. The van der Waals surface area contributed by atoms with E-state index in [1.165, 1.54) is 0 Å². The number of carbonyl (C=O) groups is 1. The average molecular weight is 256 g/mol. The maximum absolute atomic E-state index is 11.9. The molecule has 94 valence electrons. The van der Waals surface area contributed by atoms with E-state index in [0.29, 0.717) is 0 Å². The van der Waals surface area contributed by atoms with Crippen LogP contribution < -0.4 is 11.1 Å². The van der Waals surface area contributed by atoms with Crippen LogP contribution in [-0.2, 0) is 4.79 Å². The van der Waals surface area contributed by atoms with Gasteiger partial charge in [-0.3, -0.25) is 4.79 Å². The van der Waals surface area contributed by atoms with E-state index in [1.807, 2.05) is 5.32 Å². The first-order chi connectivity index (χ1) is 7.19. The summed E-state index contributed by atoms with van der Waals surface area (Å²) in [6.07, 6.45) is -3.87. The highest BCUT2D eigenvalue weighted by Crippen LogP contribution is 2.27. The van der Waals surface area contributed by atoms with Crippen molar-refractivity contribution in [1.82, 2.24) is 5.32 Å². The lowest BCUT2D eigenvalue weighted by Gasteiger charge is -2.29. The minimum Gasteiger partial charge on any atom is -0.392 e. The number of halogens is 3. The molecule has 3 nitrogen and oxygen atoms in total. The minimum atomic E-state index is -4.43.